The van der Waals surface area contributed by atoms with Crippen molar-refractivity contribution in [1.29, 1.82) is 0 Å². The number of allylic oxidation sites excluding steroid dienone is 2. The van der Waals surface area contributed by atoms with E-state index in [1.165, 1.54) is 0 Å². The second-order valence-corrected chi connectivity index (χ2v) is 3.29. The Morgan fingerprint density at radius 3 is 2.36 bits per heavy atom. The van der Waals surface area contributed by atoms with Crippen LogP contribution in [0.2, 0.25) is 0 Å². The standard InChI is InChI=1S/C10H18O/c1-5-10(11)9(4)7-6-8(2)3/h7-8H,5-6H2,1-4H3/b9-7+. The highest BCUT2D eigenvalue weighted by Gasteiger charge is 1.99. The highest BCUT2D eigenvalue weighted by atomic mass is 16.1. The topological polar surface area (TPSA) is 17.1 Å². The van der Waals surface area contributed by atoms with Gasteiger partial charge in [0.05, 0.1) is 0 Å². The summed E-state index contributed by atoms with van der Waals surface area (Å²) in [4.78, 5) is 11.1. The maximum atomic E-state index is 11.1. The maximum absolute atomic E-state index is 11.1. The Bertz CT molecular complexity index is 154. The molecule has 0 aromatic carbocycles. The number of carbonyl (C=O) groups excluding carboxylic acids is 1. The molecule has 0 aromatic rings. The third-order valence-corrected chi connectivity index (χ3v) is 1.66. The summed E-state index contributed by atoms with van der Waals surface area (Å²) in [5.41, 5.74) is 0.918. The van der Waals surface area contributed by atoms with Crippen molar-refractivity contribution >= 4 is 5.78 Å². The lowest BCUT2D eigenvalue weighted by atomic mass is 10.1. The van der Waals surface area contributed by atoms with Crippen molar-refractivity contribution < 1.29 is 4.79 Å². The van der Waals surface area contributed by atoms with Crippen LogP contribution in [0.25, 0.3) is 0 Å². The number of Topliss-reactive ketones (excluding diaryl/α,β-unsaturated/α-hetero) is 1. The van der Waals surface area contributed by atoms with Gasteiger partial charge in [-0.1, -0.05) is 26.8 Å². The molecule has 0 fully saturated rings. The lowest BCUT2D eigenvalue weighted by Crippen LogP contribution is -1.97. The molecule has 0 saturated heterocycles. The van der Waals surface area contributed by atoms with Crippen molar-refractivity contribution in [2.75, 3.05) is 0 Å². The Morgan fingerprint density at radius 1 is 1.45 bits per heavy atom. The Hall–Kier alpha value is -0.590. The largest absolute Gasteiger partial charge is 0.295 e. The van der Waals surface area contributed by atoms with Gasteiger partial charge in [0.2, 0.25) is 0 Å². The van der Waals surface area contributed by atoms with Crippen LogP contribution in [0.1, 0.15) is 40.5 Å². The second-order valence-electron chi connectivity index (χ2n) is 3.29. The van der Waals surface area contributed by atoms with Crippen LogP contribution in [0.15, 0.2) is 11.6 Å². The van der Waals surface area contributed by atoms with Crippen LogP contribution in [0, 0.1) is 5.92 Å². The smallest absolute Gasteiger partial charge is 0.157 e. The van der Waals surface area contributed by atoms with Crippen LogP contribution in [-0.4, -0.2) is 5.78 Å². The SMILES string of the molecule is CCC(=O)/C(C)=C/CC(C)C. The lowest BCUT2D eigenvalue weighted by Gasteiger charge is -2.00. The number of rotatable bonds is 4. The quantitative estimate of drug-likeness (QED) is 0.569. The van der Waals surface area contributed by atoms with Gasteiger partial charge in [0.1, 0.15) is 0 Å². The van der Waals surface area contributed by atoms with E-state index < -0.39 is 0 Å². The van der Waals surface area contributed by atoms with Crippen LogP contribution in [-0.2, 0) is 4.79 Å². The molecule has 0 heterocycles. The van der Waals surface area contributed by atoms with E-state index in [9.17, 15) is 4.79 Å². The van der Waals surface area contributed by atoms with Crippen molar-refractivity contribution in [2.45, 2.75) is 40.5 Å². The molecule has 0 atom stereocenters. The summed E-state index contributed by atoms with van der Waals surface area (Å²) < 4.78 is 0. The third kappa shape index (κ3) is 4.77. The first-order valence-electron chi connectivity index (χ1n) is 4.27. The van der Waals surface area contributed by atoms with Gasteiger partial charge in [-0.3, -0.25) is 4.79 Å². The summed E-state index contributed by atoms with van der Waals surface area (Å²) in [6.45, 7) is 8.10. The number of hydrogen-bond donors (Lipinski definition) is 0. The molecule has 11 heavy (non-hydrogen) atoms. The van der Waals surface area contributed by atoms with Crippen molar-refractivity contribution in [3.63, 3.8) is 0 Å². The zero-order valence-corrected chi connectivity index (χ0v) is 7.98. The minimum Gasteiger partial charge on any atom is -0.295 e. The zero-order chi connectivity index (χ0) is 8.85. The molecule has 64 valence electrons. The average molecular weight is 154 g/mol. The molecule has 0 rings (SSSR count). The van der Waals surface area contributed by atoms with Gasteiger partial charge in [0.15, 0.2) is 5.78 Å². The highest BCUT2D eigenvalue weighted by molar-refractivity contribution is 5.94. The van der Waals surface area contributed by atoms with Crippen LogP contribution < -0.4 is 0 Å². The molecule has 0 aromatic heterocycles. The fourth-order valence-electron chi connectivity index (χ4n) is 0.805. The van der Waals surface area contributed by atoms with Crippen LogP contribution in [0.5, 0.6) is 0 Å². The van der Waals surface area contributed by atoms with Gasteiger partial charge in [0, 0.05) is 6.42 Å². The van der Waals surface area contributed by atoms with Crippen molar-refractivity contribution in [1.82, 2.24) is 0 Å². The van der Waals surface area contributed by atoms with Crippen LogP contribution in [0.3, 0.4) is 0 Å². The van der Waals surface area contributed by atoms with E-state index in [4.69, 9.17) is 0 Å². The van der Waals surface area contributed by atoms with Crippen molar-refractivity contribution in [3.05, 3.63) is 11.6 Å². The molecule has 1 nitrogen and oxygen atoms in total. The minimum absolute atomic E-state index is 0.269. The highest BCUT2D eigenvalue weighted by Crippen LogP contribution is 2.05. The predicted molar refractivity (Wildman–Crippen MR) is 48.5 cm³/mol. The third-order valence-electron chi connectivity index (χ3n) is 1.66. The van der Waals surface area contributed by atoms with Gasteiger partial charge in [-0.05, 0) is 24.8 Å². The summed E-state index contributed by atoms with van der Waals surface area (Å²) in [7, 11) is 0. The minimum atomic E-state index is 0.269. The summed E-state index contributed by atoms with van der Waals surface area (Å²) in [5, 5.41) is 0. The van der Waals surface area contributed by atoms with Crippen LogP contribution >= 0.6 is 0 Å². The fourth-order valence-corrected chi connectivity index (χ4v) is 0.805. The first kappa shape index (κ1) is 10.4. The fraction of sp³-hybridized carbons (Fsp3) is 0.700. The monoisotopic (exact) mass is 154 g/mol. The molecule has 0 aliphatic rings. The van der Waals surface area contributed by atoms with E-state index in [1.807, 2.05) is 19.9 Å². The Morgan fingerprint density at radius 2 is 2.00 bits per heavy atom. The Labute approximate surface area is 69.5 Å². The van der Waals surface area contributed by atoms with Crippen LogP contribution in [0.4, 0.5) is 0 Å². The van der Waals surface area contributed by atoms with E-state index in [-0.39, 0.29) is 5.78 Å². The molecule has 0 radical (unpaired) electrons. The predicted octanol–water partition coefficient (Wildman–Crippen LogP) is 2.96. The Balaban J connectivity index is 3.90. The first-order chi connectivity index (χ1) is 5.07. The molecule has 0 spiro atoms. The molecule has 1 heteroatoms. The average Bonchev–Trinajstić information content (AvgIpc) is 1.98. The van der Waals surface area contributed by atoms with Crippen molar-refractivity contribution in [2.24, 2.45) is 5.92 Å². The van der Waals surface area contributed by atoms with E-state index in [0.29, 0.717) is 12.3 Å². The van der Waals surface area contributed by atoms with E-state index in [1.54, 1.807) is 0 Å². The number of ketones is 1. The van der Waals surface area contributed by atoms with Gasteiger partial charge in [-0.15, -0.1) is 0 Å². The molecule has 0 bridgehead atoms. The van der Waals surface area contributed by atoms with Gasteiger partial charge >= 0.3 is 0 Å². The maximum Gasteiger partial charge on any atom is 0.157 e. The second kappa shape index (κ2) is 5.11. The van der Waals surface area contributed by atoms with Gasteiger partial charge < -0.3 is 0 Å². The Kier molecular flexibility index (Phi) is 4.84. The first-order valence-corrected chi connectivity index (χ1v) is 4.27. The number of carbonyl (C=O) groups is 1. The molecule has 0 saturated carbocycles. The van der Waals surface area contributed by atoms with E-state index in [2.05, 4.69) is 13.8 Å². The molecular formula is C10H18O. The van der Waals surface area contributed by atoms with Crippen molar-refractivity contribution in [3.8, 4) is 0 Å². The molecule has 0 unspecified atom stereocenters. The summed E-state index contributed by atoms with van der Waals surface area (Å²) in [6, 6.07) is 0. The lowest BCUT2D eigenvalue weighted by molar-refractivity contribution is -0.115. The number of hydrogen-bond acceptors (Lipinski definition) is 1. The van der Waals surface area contributed by atoms with E-state index >= 15 is 0 Å². The molecule has 0 amide bonds. The molecular weight excluding hydrogens is 136 g/mol. The zero-order valence-electron chi connectivity index (χ0n) is 7.98. The summed E-state index contributed by atoms with van der Waals surface area (Å²) in [6.07, 6.45) is 3.68. The summed E-state index contributed by atoms with van der Waals surface area (Å²) in [5.74, 6) is 0.917. The molecule has 0 aliphatic heterocycles. The van der Waals surface area contributed by atoms with E-state index in [0.717, 1.165) is 12.0 Å². The van der Waals surface area contributed by atoms with Gasteiger partial charge in [0.25, 0.3) is 0 Å². The van der Waals surface area contributed by atoms with Gasteiger partial charge in [-0.25, -0.2) is 0 Å². The van der Waals surface area contributed by atoms with Gasteiger partial charge in [-0.2, -0.15) is 0 Å². The molecule has 0 aliphatic carbocycles. The summed E-state index contributed by atoms with van der Waals surface area (Å²) >= 11 is 0. The molecule has 0 N–H and O–H groups in total. The normalized spacial score (nSPS) is 12.3.